The standard InChI is InChI=1S/C20H20F3N3O2/c1-18-8-10(9-24)6-7-19(18,2)26-15(16(18)27)13-11-4-3-5-12(20(21,22)23)14(11)25-17(13)28/h3-4,10,12,25,28H,5-8H2,1-2H3/t10?,12?,18-,19-/m0/s1. The zero-order valence-corrected chi connectivity index (χ0v) is 15.5. The first-order valence-corrected chi connectivity index (χ1v) is 9.24. The number of fused-ring (bicyclic) bond motifs is 2. The number of aromatic nitrogens is 1. The monoisotopic (exact) mass is 391 g/mol. The summed E-state index contributed by atoms with van der Waals surface area (Å²) in [7, 11) is 0. The lowest BCUT2D eigenvalue weighted by atomic mass is 9.59. The average Bonchev–Trinajstić information content (AvgIpc) is 3.05. The van der Waals surface area contributed by atoms with E-state index < -0.39 is 28.9 Å². The second kappa shape index (κ2) is 5.72. The number of Topliss-reactive ketones (excluding diaryl/α,β-unsaturated/α-hetero) is 1. The highest BCUT2D eigenvalue weighted by Crippen LogP contribution is 2.54. The number of carbonyl (C=O) groups excluding carboxylic acids is 1. The molecule has 0 spiro atoms. The number of nitriles is 1. The molecule has 2 aliphatic carbocycles. The molecule has 0 radical (unpaired) electrons. The predicted molar refractivity (Wildman–Crippen MR) is 95.9 cm³/mol. The van der Waals surface area contributed by atoms with Gasteiger partial charge < -0.3 is 10.1 Å². The molecule has 0 bridgehead atoms. The van der Waals surface area contributed by atoms with Gasteiger partial charge in [0.05, 0.1) is 28.5 Å². The normalized spacial score (nSPS) is 34.6. The number of aromatic hydroxyl groups is 1. The summed E-state index contributed by atoms with van der Waals surface area (Å²) in [6.45, 7) is 3.61. The molecule has 1 aliphatic heterocycles. The fourth-order valence-electron chi connectivity index (χ4n) is 4.85. The lowest BCUT2D eigenvalue weighted by Crippen LogP contribution is -2.48. The van der Waals surface area contributed by atoms with Crippen LogP contribution in [0.15, 0.2) is 11.1 Å². The van der Waals surface area contributed by atoms with Gasteiger partial charge in [0.15, 0.2) is 11.7 Å². The molecule has 2 heterocycles. The molecule has 1 aromatic heterocycles. The van der Waals surface area contributed by atoms with Gasteiger partial charge in [0.25, 0.3) is 0 Å². The van der Waals surface area contributed by atoms with E-state index in [4.69, 9.17) is 0 Å². The molecule has 148 valence electrons. The molecule has 4 atom stereocenters. The van der Waals surface area contributed by atoms with E-state index in [2.05, 4.69) is 16.0 Å². The first-order chi connectivity index (χ1) is 13.0. The van der Waals surface area contributed by atoms with Crippen molar-refractivity contribution in [1.82, 2.24) is 4.98 Å². The molecule has 2 N–H and O–H groups in total. The van der Waals surface area contributed by atoms with E-state index in [1.54, 1.807) is 6.92 Å². The Labute approximate surface area is 160 Å². The molecule has 5 nitrogen and oxygen atoms in total. The van der Waals surface area contributed by atoms with Crippen molar-refractivity contribution in [2.45, 2.75) is 57.2 Å². The van der Waals surface area contributed by atoms with Crippen LogP contribution >= 0.6 is 0 Å². The number of nitrogens with zero attached hydrogens (tertiary/aromatic N) is 2. The van der Waals surface area contributed by atoms with Gasteiger partial charge in [0, 0.05) is 17.2 Å². The van der Waals surface area contributed by atoms with Crippen LogP contribution in [-0.2, 0) is 4.79 Å². The van der Waals surface area contributed by atoms with Gasteiger partial charge in [-0.05, 0) is 39.5 Å². The van der Waals surface area contributed by atoms with Gasteiger partial charge in [0.1, 0.15) is 5.71 Å². The minimum atomic E-state index is -4.47. The highest BCUT2D eigenvalue weighted by atomic mass is 19.4. The number of H-pyrrole nitrogens is 1. The first kappa shape index (κ1) is 18.8. The highest BCUT2D eigenvalue weighted by molar-refractivity contribution is 6.50. The van der Waals surface area contributed by atoms with Crippen molar-refractivity contribution in [2.24, 2.45) is 16.3 Å². The van der Waals surface area contributed by atoms with Crippen LogP contribution in [0.4, 0.5) is 13.2 Å². The average molecular weight is 391 g/mol. The second-order valence-corrected chi connectivity index (χ2v) is 8.37. The number of halogens is 3. The van der Waals surface area contributed by atoms with Crippen molar-refractivity contribution in [3.63, 3.8) is 0 Å². The molecule has 0 aromatic carbocycles. The van der Waals surface area contributed by atoms with Crippen LogP contribution in [0, 0.1) is 22.7 Å². The molecule has 1 aromatic rings. The largest absolute Gasteiger partial charge is 0.494 e. The second-order valence-electron chi connectivity index (χ2n) is 8.37. The minimum Gasteiger partial charge on any atom is -0.494 e. The van der Waals surface area contributed by atoms with Crippen molar-refractivity contribution < 1.29 is 23.1 Å². The maximum atomic E-state index is 13.4. The Balaban J connectivity index is 1.83. The lowest BCUT2D eigenvalue weighted by molar-refractivity contribution is -0.150. The Morgan fingerprint density at radius 2 is 2.11 bits per heavy atom. The molecule has 1 saturated carbocycles. The fourth-order valence-corrected chi connectivity index (χ4v) is 4.85. The molecule has 3 aliphatic rings. The summed E-state index contributed by atoms with van der Waals surface area (Å²) < 4.78 is 40.2. The van der Waals surface area contributed by atoms with Crippen LogP contribution in [0.2, 0.25) is 0 Å². The minimum absolute atomic E-state index is 0.00562. The van der Waals surface area contributed by atoms with E-state index in [-0.39, 0.29) is 40.7 Å². The Bertz CT molecular complexity index is 969. The summed E-state index contributed by atoms with van der Waals surface area (Å²) in [6, 6.07) is 2.22. The summed E-state index contributed by atoms with van der Waals surface area (Å²) in [5.74, 6) is -2.82. The number of aromatic amines is 1. The number of hydrogen-bond donors (Lipinski definition) is 2. The van der Waals surface area contributed by atoms with Crippen LogP contribution in [0.25, 0.3) is 6.08 Å². The van der Waals surface area contributed by atoms with Gasteiger partial charge in [-0.15, -0.1) is 0 Å². The first-order valence-electron chi connectivity index (χ1n) is 9.24. The molecule has 1 fully saturated rings. The Morgan fingerprint density at radius 1 is 1.39 bits per heavy atom. The van der Waals surface area contributed by atoms with Gasteiger partial charge in [-0.1, -0.05) is 12.2 Å². The SMILES string of the molecule is C[C@@]12CC(C#N)CC[C@]1(C)N=C(c1c(O)[nH]c3c1C=CCC3C(F)(F)F)C2=O. The Morgan fingerprint density at radius 3 is 2.75 bits per heavy atom. The van der Waals surface area contributed by atoms with Crippen molar-refractivity contribution in [2.75, 3.05) is 0 Å². The number of alkyl halides is 3. The van der Waals surface area contributed by atoms with Gasteiger partial charge in [-0.3, -0.25) is 9.79 Å². The zero-order chi connectivity index (χ0) is 20.5. The zero-order valence-electron chi connectivity index (χ0n) is 15.5. The van der Waals surface area contributed by atoms with E-state index in [0.717, 1.165) is 0 Å². The van der Waals surface area contributed by atoms with Gasteiger partial charge >= 0.3 is 6.18 Å². The van der Waals surface area contributed by atoms with E-state index in [1.807, 2.05) is 6.92 Å². The summed E-state index contributed by atoms with van der Waals surface area (Å²) >= 11 is 0. The van der Waals surface area contributed by atoms with Gasteiger partial charge in [-0.25, -0.2) is 0 Å². The van der Waals surface area contributed by atoms with Crippen LogP contribution in [0.5, 0.6) is 5.88 Å². The molecule has 2 unspecified atom stereocenters. The number of hydrogen-bond acceptors (Lipinski definition) is 4. The van der Waals surface area contributed by atoms with Crippen molar-refractivity contribution in [3.8, 4) is 11.9 Å². The van der Waals surface area contributed by atoms with Crippen LogP contribution in [-0.4, -0.2) is 33.3 Å². The predicted octanol–water partition coefficient (Wildman–Crippen LogP) is 4.24. The molecular weight excluding hydrogens is 371 g/mol. The van der Waals surface area contributed by atoms with E-state index in [9.17, 15) is 28.3 Å². The summed E-state index contributed by atoms with van der Waals surface area (Å²) in [5.41, 5.74) is -1.59. The number of rotatable bonds is 1. The maximum absolute atomic E-state index is 13.4. The smallest absolute Gasteiger partial charge is 0.397 e. The van der Waals surface area contributed by atoms with Crippen molar-refractivity contribution in [3.05, 3.63) is 22.9 Å². The molecule has 0 saturated heterocycles. The number of ketones is 1. The molecule has 28 heavy (non-hydrogen) atoms. The Hall–Kier alpha value is -2.56. The van der Waals surface area contributed by atoms with E-state index in [0.29, 0.717) is 19.3 Å². The molecule has 0 amide bonds. The highest BCUT2D eigenvalue weighted by Gasteiger charge is 2.60. The van der Waals surface area contributed by atoms with Crippen molar-refractivity contribution in [1.29, 1.82) is 5.26 Å². The maximum Gasteiger partial charge on any atom is 0.397 e. The number of nitrogens with one attached hydrogen (secondary N) is 1. The molecule has 8 heteroatoms. The third-order valence-corrected chi connectivity index (χ3v) is 6.77. The Kier molecular flexibility index (Phi) is 3.84. The fraction of sp³-hybridized carbons (Fsp3) is 0.550. The van der Waals surface area contributed by atoms with E-state index >= 15 is 0 Å². The lowest BCUT2D eigenvalue weighted by Gasteiger charge is -2.43. The number of aliphatic imine (C=N–C) groups is 1. The third-order valence-electron chi connectivity index (χ3n) is 6.77. The summed E-state index contributed by atoms with van der Waals surface area (Å²) in [6.07, 6.45) is -0.300. The van der Waals surface area contributed by atoms with Gasteiger partial charge in [-0.2, -0.15) is 18.4 Å². The summed E-state index contributed by atoms with van der Waals surface area (Å²) in [5, 5.41) is 19.7. The number of carbonyl (C=O) groups is 1. The topological polar surface area (TPSA) is 89.2 Å². The van der Waals surface area contributed by atoms with Crippen LogP contribution in [0.1, 0.15) is 62.3 Å². The molecular formula is C20H20F3N3O2. The van der Waals surface area contributed by atoms with Gasteiger partial charge in [0.2, 0.25) is 0 Å². The summed E-state index contributed by atoms with van der Waals surface area (Å²) in [4.78, 5) is 20.4. The van der Waals surface area contributed by atoms with Crippen LogP contribution in [0.3, 0.4) is 0 Å². The molecule has 4 rings (SSSR count). The van der Waals surface area contributed by atoms with E-state index in [1.165, 1.54) is 12.2 Å². The van der Waals surface area contributed by atoms with Crippen molar-refractivity contribution >= 4 is 17.6 Å². The quantitative estimate of drug-likeness (QED) is 0.750. The van der Waals surface area contributed by atoms with Crippen LogP contribution < -0.4 is 0 Å². The number of allylic oxidation sites excluding steroid dienone is 1. The third kappa shape index (κ3) is 2.38.